The monoisotopic (exact) mass is 338 g/mol. The summed E-state index contributed by atoms with van der Waals surface area (Å²) in [5.41, 5.74) is 14.4. The van der Waals surface area contributed by atoms with Crippen LogP contribution in [0.25, 0.3) is 16.6 Å². The van der Waals surface area contributed by atoms with E-state index in [1.54, 1.807) is 10.7 Å². The van der Waals surface area contributed by atoms with Gasteiger partial charge in [0.05, 0.1) is 31.9 Å². The number of likely N-dealkylation sites (N-methyl/N-ethyl adjacent to an activating group) is 1. The number of primary amides is 1. The van der Waals surface area contributed by atoms with Gasteiger partial charge in [-0.3, -0.25) is 4.79 Å². The van der Waals surface area contributed by atoms with Gasteiger partial charge in [0.2, 0.25) is 0 Å². The summed E-state index contributed by atoms with van der Waals surface area (Å²) in [6.07, 6.45) is 1.91. The number of hydrogen-bond acceptors (Lipinski definition) is 3. The second-order valence-electron chi connectivity index (χ2n) is 6.95. The van der Waals surface area contributed by atoms with Gasteiger partial charge >= 0.3 is 0 Å². The van der Waals surface area contributed by atoms with Gasteiger partial charge < -0.3 is 16.0 Å². The fourth-order valence-corrected chi connectivity index (χ4v) is 3.05. The van der Waals surface area contributed by atoms with E-state index in [2.05, 4.69) is 31.3 Å². The van der Waals surface area contributed by atoms with Gasteiger partial charge in [-0.25, -0.2) is 4.68 Å². The molecule has 4 N–H and O–H groups in total. The quantitative estimate of drug-likeness (QED) is 0.670. The molecule has 0 fully saturated rings. The molecule has 0 aliphatic heterocycles. The molecule has 0 unspecified atom stereocenters. The maximum absolute atomic E-state index is 11.6. The minimum atomic E-state index is -0.467. The average molecular weight is 338 g/mol. The molecule has 3 rings (SSSR count). The molecule has 3 aromatic rings. The topological polar surface area (TPSA) is 86.9 Å². The fraction of sp³-hybridized carbons (Fsp3) is 0.263. The molecule has 1 aromatic heterocycles. The van der Waals surface area contributed by atoms with E-state index in [-0.39, 0.29) is 0 Å². The Hall–Kier alpha value is -2.70. The zero-order valence-electron chi connectivity index (χ0n) is 14.6. The Balaban J connectivity index is 1.89. The molecule has 0 radical (unpaired) electrons. The first-order chi connectivity index (χ1) is 11.9. The fourth-order valence-electron chi connectivity index (χ4n) is 3.05. The van der Waals surface area contributed by atoms with Crippen molar-refractivity contribution in [2.24, 2.45) is 11.5 Å². The van der Waals surface area contributed by atoms with Gasteiger partial charge in [0, 0.05) is 23.7 Å². The second-order valence-corrected chi connectivity index (χ2v) is 6.95. The zero-order valence-corrected chi connectivity index (χ0v) is 14.6. The van der Waals surface area contributed by atoms with Crippen LogP contribution in [0.2, 0.25) is 0 Å². The van der Waals surface area contributed by atoms with E-state index >= 15 is 0 Å². The normalized spacial score (nSPS) is 11.8. The van der Waals surface area contributed by atoms with Crippen molar-refractivity contribution in [3.8, 4) is 5.69 Å². The molecule has 2 aromatic carbocycles. The van der Waals surface area contributed by atoms with Crippen LogP contribution in [0.3, 0.4) is 0 Å². The summed E-state index contributed by atoms with van der Waals surface area (Å²) >= 11 is 0. The largest absolute Gasteiger partial charge is 0.366 e. The molecule has 0 bridgehead atoms. The Morgan fingerprint density at radius 2 is 1.88 bits per heavy atom. The number of benzene rings is 2. The summed E-state index contributed by atoms with van der Waals surface area (Å²) < 4.78 is 2.63. The predicted molar refractivity (Wildman–Crippen MR) is 99.3 cm³/mol. The van der Waals surface area contributed by atoms with Crippen LogP contribution in [0.5, 0.6) is 0 Å². The second kappa shape index (κ2) is 6.66. The summed E-state index contributed by atoms with van der Waals surface area (Å²) in [4.78, 5) is 11.6. The van der Waals surface area contributed by atoms with E-state index in [1.807, 2.05) is 30.5 Å². The number of quaternary nitrogens is 1. The Morgan fingerprint density at radius 1 is 1.16 bits per heavy atom. The Kier molecular flexibility index (Phi) is 4.57. The van der Waals surface area contributed by atoms with Crippen LogP contribution in [-0.2, 0) is 6.54 Å². The molecule has 130 valence electrons. The van der Waals surface area contributed by atoms with Crippen molar-refractivity contribution >= 4 is 16.8 Å². The lowest BCUT2D eigenvalue weighted by Crippen LogP contribution is -2.42. The van der Waals surface area contributed by atoms with Crippen LogP contribution in [0.15, 0.2) is 48.7 Å². The highest BCUT2D eigenvalue weighted by atomic mass is 16.1. The maximum atomic E-state index is 11.6. The van der Waals surface area contributed by atoms with Crippen molar-refractivity contribution in [2.75, 3.05) is 27.2 Å². The van der Waals surface area contributed by atoms with E-state index in [0.717, 1.165) is 28.6 Å². The van der Waals surface area contributed by atoms with Crippen LogP contribution in [0.1, 0.15) is 15.9 Å². The lowest BCUT2D eigenvalue weighted by molar-refractivity contribution is -0.902. The molecule has 1 amide bonds. The SMILES string of the molecule is C[N+](C)(CCN)Cc1ccc(-n2cc3cccc(C(N)=O)c3n2)cc1. The standard InChI is InChI=1S/C19H23N5O/c1-24(2,11-10-20)13-14-6-8-16(9-7-14)23-12-15-4-3-5-17(19(21)25)18(15)22-23/h3-9,12H,10-11,13,20H2,1-2H3,(H-,21,25)/p+1. The van der Waals surface area contributed by atoms with E-state index in [9.17, 15) is 4.79 Å². The molecule has 0 aliphatic rings. The van der Waals surface area contributed by atoms with Gasteiger partial charge in [0.15, 0.2) is 0 Å². The first-order valence-corrected chi connectivity index (χ1v) is 8.29. The number of nitrogens with zero attached hydrogens (tertiary/aromatic N) is 3. The summed E-state index contributed by atoms with van der Waals surface area (Å²) in [7, 11) is 4.35. The van der Waals surface area contributed by atoms with Crippen LogP contribution in [0.4, 0.5) is 0 Å². The summed E-state index contributed by atoms with van der Waals surface area (Å²) in [6.45, 7) is 2.53. The summed E-state index contributed by atoms with van der Waals surface area (Å²) in [6, 6.07) is 13.7. The lowest BCUT2D eigenvalue weighted by atomic mass is 10.1. The molecule has 6 nitrogen and oxygen atoms in total. The number of carbonyl (C=O) groups is 1. The molecular formula is C19H24N5O+. The first-order valence-electron chi connectivity index (χ1n) is 8.29. The highest BCUT2D eigenvalue weighted by molar-refractivity contribution is 6.04. The molecule has 1 heterocycles. The minimum absolute atomic E-state index is 0.439. The Labute approximate surface area is 147 Å². The number of fused-ring (bicyclic) bond motifs is 1. The van der Waals surface area contributed by atoms with E-state index in [4.69, 9.17) is 11.5 Å². The molecule has 0 spiro atoms. The van der Waals surface area contributed by atoms with Crippen LogP contribution < -0.4 is 11.5 Å². The third kappa shape index (κ3) is 3.70. The molecule has 0 aliphatic carbocycles. The van der Waals surface area contributed by atoms with Gasteiger partial charge in [-0.2, -0.15) is 5.10 Å². The Morgan fingerprint density at radius 3 is 2.52 bits per heavy atom. The van der Waals surface area contributed by atoms with Crippen molar-refractivity contribution < 1.29 is 9.28 Å². The van der Waals surface area contributed by atoms with Crippen LogP contribution in [0, 0.1) is 0 Å². The van der Waals surface area contributed by atoms with Gasteiger partial charge in [-0.05, 0) is 18.2 Å². The van der Waals surface area contributed by atoms with E-state index in [0.29, 0.717) is 17.6 Å². The average Bonchev–Trinajstić information content (AvgIpc) is 2.98. The highest BCUT2D eigenvalue weighted by Gasteiger charge is 2.15. The number of hydrogen-bond donors (Lipinski definition) is 2. The van der Waals surface area contributed by atoms with Gasteiger partial charge in [0.1, 0.15) is 12.1 Å². The molecular weight excluding hydrogens is 314 g/mol. The first kappa shape index (κ1) is 17.1. The van der Waals surface area contributed by atoms with E-state index < -0.39 is 5.91 Å². The molecule has 0 atom stereocenters. The predicted octanol–water partition coefficient (Wildman–Crippen LogP) is 1.66. The molecule has 0 saturated heterocycles. The van der Waals surface area contributed by atoms with Gasteiger partial charge in [0.25, 0.3) is 5.91 Å². The van der Waals surface area contributed by atoms with Gasteiger partial charge in [-0.1, -0.05) is 24.3 Å². The number of rotatable bonds is 6. The van der Waals surface area contributed by atoms with Crippen LogP contribution in [-0.4, -0.2) is 47.4 Å². The minimum Gasteiger partial charge on any atom is -0.366 e. The molecule has 0 saturated carbocycles. The highest BCUT2D eigenvalue weighted by Crippen LogP contribution is 2.20. The van der Waals surface area contributed by atoms with Crippen LogP contribution >= 0.6 is 0 Å². The van der Waals surface area contributed by atoms with Crippen molar-refractivity contribution in [2.45, 2.75) is 6.54 Å². The maximum Gasteiger partial charge on any atom is 0.250 e. The van der Waals surface area contributed by atoms with Gasteiger partial charge in [-0.15, -0.1) is 0 Å². The summed E-state index contributed by atoms with van der Waals surface area (Å²) in [5.74, 6) is -0.467. The van der Waals surface area contributed by atoms with Crippen molar-refractivity contribution in [3.63, 3.8) is 0 Å². The van der Waals surface area contributed by atoms with E-state index in [1.165, 1.54) is 5.56 Å². The summed E-state index contributed by atoms with van der Waals surface area (Å²) in [5, 5.41) is 5.42. The zero-order chi connectivity index (χ0) is 18.0. The third-order valence-electron chi connectivity index (χ3n) is 4.35. The van der Waals surface area contributed by atoms with Crippen molar-refractivity contribution in [3.05, 3.63) is 59.8 Å². The van der Waals surface area contributed by atoms with Crippen molar-refractivity contribution in [1.82, 2.24) is 9.78 Å². The number of aromatic nitrogens is 2. The third-order valence-corrected chi connectivity index (χ3v) is 4.35. The Bertz CT molecular complexity index is 896. The lowest BCUT2D eigenvalue weighted by Gasteiger charge is -2.29. The molecule has 25 heavy (non-hydrogen) atoms. The van der Waals surface area contributed by atoms with Crippen molar-refractivity contribution in [1.29, 1.82) is 0 Å². The number of amides is 1. The number of carbonyl (C=O) groups excluding carboxylic acids is 1. The number of nitrogens with two attached hydrogens (primary N) is 2. The molecule has 6 heteroatoms. The smallest absolute Gasteiger partial charge is 0.250 e.